The van der Waals surface area contributed by atoms with Gasteiger partial charge in [-0.25, -0.2) is 4.79 Å². The topological polar surface area (TPSA) is 71.5 Å². The number of benzene rings is 1. The lowest BCUT2D eigenvalue weighted by molar-refractivity contribution is 0.0692. The van der Waals surface area contributed by atoms with Crippen molar-refractivity contribution in [2.45, 2.75) is 6.42 Å². The number of aromatic amines is 1. The fourth-order valence-electron chi connectivity index (χ4n) is 2.17. The van der Waals surface area contributed by atoms with Crippen LogP contribution in [0.4, 0.5) is 0 Å². The summed E-state index contributed by atoms with van der Waals surface area (Å²) in [7, 11) is 0. The molecule has 0 atom stereocenters. The van der Waals surface area contributed by atoms with E-state index >= 15 is 0 Å². The van der Waals surface area contributed by atoms with Crippen LogP contribution in [-0.2, 0) is 0 Å². The maximum atomic E-state index is 11.2. The first-order valence-corrected chi connectivity index (χ1v) is 6.96. The Morgan fingerprint density at radius 1 is 1.30 bits per heavy atom. The van der Waals surface area contributed by atoms with Gasteiger partial charge in [0.05, 0.1) is 17.7 Å². The number of hydrogen-bond acceptors (Lipinski definition) is 3. The van der Waals surface area contributed by atoms with E-state index in [1.54, 1.807) is 18.3 Å². The van der Waals surface area contributed by atoms with E-state index in [-0.39, 0.29) is 5.69 Å². The first-order chi connectivity index (χ1) is 9.66. The zero-order valence-corrected chi connectivity index (χ0v) is 12.1. The molecule has 0 unspecified atom stereocenters. The van der Waals surface area contributed by atoms with E-state index in [4.69, 9.17) is 14.6 Å². The Balaban J connectivity index is 2.11. The lowest BCUT2D eigenvalue weighted by Crippen LogP contribution is -1.99. The van der Waals surface area contributed by atoms with Gasteiger partial charge < -0.3 is 19.6 Å². The monoisotopic (exact) mass is 337 g/mol. The van der Waals surface area contributed by atoms with Gasteiger partial charge in [0.1, 0.15) is 5.69 Å². The van der Waals surface area contributed by atoms with Gasteiger partial charge in [0, 0.05) is 18.2 Å². The zero-order valence-electron chi connectivity index (χ0n) is 10.5. The molecule has 3 rings (SSSR count). The van der Waals surface area contributed by atoms with Crippen molar-refractivity contribution in [1.82, 2.24) is 4.98 Å². The van der Waals surface area contributed by atoms with E-state index in [2.05, 4.69) is 20.9 Å². The standard InChI is InChI=1S/C14H12BrNO4/c15-10-6-8(9-2-3-16-12(9)14(17)18)7-11-13(10)20-5-1-4-19-11/h2-3,6-7,16H,1,4-5H2,(H,17,18). The summed E-state index contributed by atoms with van der Waals surface area (Å²) in [6.45, 7) is 1.19. The van der Waals surface area contributed by atoms with Gasteiger partial charge in [-0.1, -0.05) is 0 Å². The van der Waals surface area contributed by atoms with E-state index in [1.807, 2.05) is 6.07 Å². The van der Waals surface area contributed by atoms with Crippen molar-refractivity contribution in [2.75, 3.05) is 13.2 Å². The second kappa shape index (κ2) is 5.20. The highest BCUT2D eigenvalue weighted by Crippen LogP contribution is 2.41. The van der Waals surface area contributed by atoms with Crippen LogP contribution in [0.15, 0.2) is 28.9 Å². The largest absolute Gasteiger partial charge is 0.489 e. The van der Waals surface area contributed by atoms with Crippen LogP contribution >= 0.6 is 15.9 Å². The number of aromatic nitrogens is 1. The van der Waals surface area contributed by atoms with Gasteiger partial charge >= 0.3 is 5.97 Å². The average Bonchev–Trinajstić information content (AvgIpc) is 2.78. The van der Waals surface area contributed by atoms with Crippen molar-refractivity contribution in [3.63, 3.8) is 0 Å². The third kappa shape index (κ3) is 2.27. The normalized spacial score (nSPS) is 13.8. The van der Waals surface area contributed by atoms with E-state index in [1.165, 1.54) is 0 Å². The average molecular weight is 338 g/mol. The summed E-state index contributed by atoms with van der Waals surface area (Å²) in [5.74, 6) is 0.302. The second-order valence-corrected chi connectivity index (χ2v) is 5.26. The molecule has 20 heavy (non-hydrogen) atoms. The number of carbonyl (C=O) groups is 1. The number of H-pyrrole nitrogens is 1. The molecule has 5 nitrogen and oxygen atoms in total. The Hall–Kier alpha value is -1.95. The number of halogens is 1. The molecule has 104 valence electrons. The highest BCUT2D eigenvalue weighted by Gasteiger charge is 2.19. The van der Waals surface area contributed by atoms with Crippen molar-refractivity contribution in [2.24, 2.45) is 0 Å². The maximum Gasteiger partial charge on any atom is 0.352 e. The summed E-state index contributed by atoms with van der Waals surface area (Å²) in [5.41, 5.74) is 1.54. The number of aromatic carboxylic acids is 1. The van der Waals surface area contributed by atoms with Crippen LogP contribution in [0.1, 0.15) is 16.9 Å². The minimum Gasteiger partial charge on any atom is -0.489 e. The van der Waals surface area contributed by atoms with E-state index in [0.717, 1.165) is 16.5 Å². The molecule has 1 aromatic carbocycles. The number of carboxylic acids is 1. The van der Waals surface area contributed by atoms with Crippen molar-refractivity contribution in [3.05, 3.63) is 34.6 Å². The molecule has 0 spiro atoms. The molecule has 2 N–H and O–H groups in total. The molecule has 6 heteroatoms. The van der Waals surface area contributed by atoms with Gasteiger partial charge in [-0.2, -0.15) is 0 Å². The lowest BCUT2D eigenvalue weighted by Gasteiger charge is -2.11. The Morgan fingerprint density at radius 3 is 2.90 bits per heavy atom. The second-order valence-electron chi connectivity index (χ2n) is 4.41. The number of ether oxygens (including phenoxy) is 2. The Bertz CT molecular complexity index is 665. The van der Waals surface area contributed by atoms with Crippen LogP contribution < -0.4 is 9.47 Å². The first-order valence-electron chi connectivity index (χ1n) is 6.17. The first kappa shape index (κ1) is 13.1. The van der Waals surface area contributed by atoms with Gasteiger partial charge in [-0.05, 0) is 39.7 Å². The fraction of sp³-hybridized carbons (Fsp3) is 0.214. The number of hydrogen-bond donors (Lipinski definition) is 2. The van der Waals surface area contributed by atoms with Gasteiger partial charge in [0.2, 0.25) is 0 Å². The van der Waals surface area contributed by atoms with Gasteiger partial charge in [0.15, 0.2) is 11.5 Å². The molecular weight excluding hydrogens is 326 g/mol. The highest BCUT2D eigenvalue weighted by molar-refractivity contribution is 9.10. The van der Waals surface area contributed by atoms with Crippen LogP contribution in [0.3, 0.4) is 0 Å². The molecule has 2 aromatic rings. The van der Waals surface area contributed by atoms with Crippen molar-refractivity contribution >= 4 is 21.9 Å². The minimum atomic E-state index is -0.992. The molecule has 0 bridgehead atoms. The molecule has 1 aliphatic rings. The Morgan fingerprint density at radius 2 is 2.10 bits per heavy atom. The third-order valence-electron chi connectivity index (χ3n) is 3.07. The summed E-state index contributed by atoms with van der Waals surface area (Å²) in [6, 6.07) is 5.37. The lowest BCUT2D eigenvalue weighted by atomic mass is 10.1. The van der Waals surface area contributed by atoms with Crippen LogP contribution in [0.5, 0.6) is 11.5 Å². The number of rotatable bonds is 2. The zero-order chi connectivity index (χ0) is 14.1. The van der Waals surface area contributed by atoms with Gasteiger partial charge in [-0.3, -0.25) is 0 Å². The predicted molar refractivity (Wildman–Crippen MR) is 76.5 cm³/mol. The SMILES string of the molecule is O=C(O)c1[nH]ccc1-c1cc(Br)c2c(c1)OCCCO2. The van der Waals surface area contributed by atoms with Gasteiger partial charge in [0.25, 0.3) is 0 Å². The molecular formula is C14H12BrNO4. The molecule has 2 heterocycles. The van der Waals surface area contributed by atoms with Crippen LogP contribution in [0.25, 0.3) is 11.1 Å². The molecule has 0 saturated carbocycles. The van der Waals surface area contributed by atoms with Crippen LogP contribution in [-0.4, -0.2) is 29.3 Å². The molecule has 0 fully saturated rings. The molecule has 1 aromatic heterocycles. The number of nitrogens with one attached hydrogen (secondary N) is 1. The predicted octanol–water partition coefficient (Wildman–Crippen LogP) is 3.30. The maximum absolute atomic E-state index is 11.2. The third-order valence-corrected chi connectivity index (χ3v) is 3.66. The number of fused-ring (bicyclic) bond motifs is 1. The van der Waals surface area contributed by atoms with E-state index in [9.17, 15) is 4.79 Å². The summed E-state index contributed by atoms with van der Waals surface area (Å²) in [5, 5.41) is 9.17. The van der Waals surface area contributed by atoms with Crippen molar-refractivity contribution in [1.29, 1.82) is 0 Å². The quantitative estimate of drug-likeness (QED) is 0.881. The van der Waals surface area contributed by atoms with Crippen molar-refractivity contribution < 1.29 is 19.4 Å². The molecule has 1 aliphatic heterocycles. The summed E-state index contributed by atoms with van der Waals surface area (Å²) in [4.78, 5) is 13.9. The van der Waals surface area contributed by atoms with Crippen LogP contribution in [0.2, 0.25) is 0 Å². The molecule has 0 amide bonds. The highest BCUT2D eigenvalue weighted by atomic mass is 79.9. The summed E-state index contributed by atoms with van der Waals surface area (Å²) >= 11 is 3.45. The van der Waals surface area contributed by atoms with Gasteiger partial charge in [-0.15, -0.1) is 0 Å². The molecule has 0 aliphatic carbocycles. The molecule has 0 saturated heterocycles. The van der Waals surface area contributed by atoms with E-state index in [0.29, 0.717) is 30.3 Å². The Labute approximate surface area is 123 Å². The summed E-state index contributed by atoms with van der Waals surface area (Å²) in [6.07, 6.45) is 2.43. The minimum absolute atomic E-state index is 0.159. The van der Waals surface area contributed by atoms with Crippen molar-refractivity contribution in [3.8, 4) is 22.6 Å². The van der Waals surface area contributed by atoms with E-state index < -0.39 is 5.97 Å². The summed E-state index contributed by atoms with van der Waals surface area (Å²) < 4.78 is 12.0. The van der Waals surface area contributed by atoms with Crippen LogP contribution in [0, 0.1) is 0 Å². The molecule has 0 radical (unpaired) electrons. The fourth-order valence-corrected chi connectivity index (χ4v) is 2.73. The number of carboxylic acid groups (broad SMARTS) is 1. The smallest absolute Gasteiger partial charge is 0.352 e. The Kier molecular flexibility index (Phi) is 3.40.